The van der Waals surface area contributed by atoms with Gasteiger partial charge in [0.05, 0.1) is 7.11 Å². The smallest absolute Gasteiger partial charge is 0.303 e. The summed E-state index contributed by atoms with van der Waals surface area (Å²) in [4.78, 5) is 10.4. The maximum absolute atomic E-state index is 13.4. The van der Waals surface area contributed by atoms with E-state index in [1.807, 2.05) is 6.92 Å². The Morgan fingerprint density at radius 1 is 1.56 bits per heavy atom. The Hall–Kier alpha value is -1.58. The lowest BCUT2D eigenvalue weighted by atomic mass is 9.96. The average Bonchev–Trinajstić information content (AvgIpc) is 2.25. The Labute approximate surface area is 93.9 Å². The molecule has 1 rings (SSSR count). The van der Waals surface area contributed by atoms with Crippen molar-refractivity contribution in [3.05, 3.63) is 29.6 Å². The van der Waals surface area contributed by atoms with Crippen LogP contribution in [0, 0.1) is 5.82 Å². The van der Waals surface area contributed by atoms with Crippen molar-refractivity contribution in [3.8, 4) is 5.75 Å². The zero-order chi connectivity index (χ0) is 12.1. The highest BCUT2D eigenvalue weighted by atomic mass is 19.1. The van der Waals surface area contributed by atoms with E-state index in [1.54, 1.807) is 12.1 Å². The molecule has 0 aliphatic rings. The van der Waals surface area contributed by atoms with Crippen molar-refractivity contribution in [2.45, 2.75) is 25.7 Å². The van der Waals surface area contributed by atoms with Crippen molar-refractivity contribution in [3.63, 3.8) is 0 Å². The van der Waals surface area contributed by atoms with Crippen LogP contribution in [-0.2, 0) is 4.79 Å². The third kappa shape index (κ3) is 3.22. The number of methoxy groups -OCH3 is 1. The maximum Gasteiger partial charge on any atom is 0.303 e. The maximum atomic E-state index is 13.4. The van der Waals surface area contributed by atoms with E-state index in [2.05, 4.69) is 0 Å². The van der Waals surface area contributed by atoms with E-state index in [-0.39, 0.29) is 18.1 Å². The molecule has 1 unspecified atom stereocenters. The number of aliphatic carboxylic acids is 1. The molecular weight excluding hydrogens is 211 g/mol. The van der Waals surface area contributed by atoms with Gasteiger partial charge in [-0.3, -0.25) is 4.79 Å². The van der Waals surface area contributed by atoms with Gasteiger partial charge >= 0.3 is 5.97 Å². The molecule has 0 aliphatic carbocycles. The molecule has 1 aromatic carbocycles. The van der Waals surface area contributed by atoms with Gasteiger partial charge in [-0.15, -0.1) is 0 Å². The minimum absolute atomic E-state index is 0.0245. The molecule has 0 heterocycles. The normalized spacial score (nSPS) is 12.2. The minimum atomic E-state index is -0.833. The SMILES string of the molecule is COc1ccc(C(C)CCC(=O)O)cc1F. The number of carboxylic acids is 1. The monoisotopic (exact) mass is 226 g/mol. The second-order valence-corrected chi connectivity index (χ2v) is 3.73. The number of hydrogen-bond acceptors (Lipinski definition) is 2. The van der Waals surface area contributed by atoms with Crippen LogP contribution in [0.3, 0.4) is 0 Å². The third-order valence-corrected chi connectivity index (χ3v) is 2.54. The minimum Gasteiger partial charge on any atom is -0.494 e. The first kappa shape index (κ1) is 12.5. The molecule has 0 bridgehead atoms. The molecule has 0 aliphatic heterocycles. The van der Waals surface area contributed by atoms with Crippen LogP contribution in [0.1, 0.15) is 31.2 Å². The number of halogens is 1. The summed E-state index contributed by atoms with van der Waals surface area (Å²) < 4.78 is 18.2. The summed E-state index contributed by atoms with van der Waals surface area (Å²) in [5.74, 6) is -1.02. The lowest BCUT2D eigenvalue weighted by Crippen LogP contribution is -2.01. The van der Waals surface area contributed by atoms with Gasteiger partial charge in [0.2, 0.25) is 0 Å². The van der Waals surface area contributed by atoms with Crippen LogP contribution < -0.4 is 4.74 Å². The summed E-state index contributed by atoms with van der Waals surface area (Å²) in [6.07, 6.45) is 0.593. The fourth-order valence-corrected chi connectivity index (χ4v) is 1.50. The molecule has 3 nitrogen and oxygen atoms in total. The number of benzene rings is 1. The molecule has 4 heteroatoms. The van der Waals surface area contributed by atoms with Gasteiger partial charge < -0.3 is 9.84 Å². The molecule has 1 N–H and O–H groups in total. The van der Waals surface area contributed by atoms with Gasteiger partial charge in [0, 0.05) is 6.42 Å². The van der Waals surface area contributed by atoms with Gasteiger partial charge in [-0.2, -0.15) is 0 Å². The molecule has 0 amide bonds. The van der Waals surface area contributed by atoms with E-state index < -0.39 is 11.8 Å². The van der Waals surface area contributed by atoms with Crippen LogP contribution >= 0.6 is 0 Å². The van der Waals surface area contributed by atoms with Gasteiger partial charge in [0.25, 0.3) is 0 Å². The highest BCUT2D eigenvalue weighted by Gasteiger charge is 2.11. The van der Waals surface area contributed by atoms with Crippen molar-refractivity contribution in [2.24, 2.45) is 0 Å². The van der Waals surface area contributed by atoms with Crippen molar-refractivity contribution in [1.29, 1.82) is 0 Å². The Morgan fingerprint density at radius 3 is 2.75 bits per heavy atom. The molecule has 1 aromatic rings. The van der Waals surface area contributed by atoms with Crippen molar-refractivity contribution >= 4 is 5.97 Å². The largest absolute Gasteiger partial charge is 0.494 e. The lowest BCUT2D eigenvalue weighted by molar-refractivity contribution is -0.137. The van der Waals surface area contributed by atoms with Gasteiger partial charge in [0.1, 0.15) is 0 Å². The number of hydrogen-bond donors (Lipinski definition) is 1. The Bertz CT molecular complexity index is 377. The van der Waals surface area contributed by atoms with Crippen LogP contribution in [0.15, 0.2) is 18.2 Å². The number of carbonyl (C=O) groups is 1. The Kier molecular flexibility index (Phi) is 4.28. The van der Waals surface area contributed by atoms with E-state index in [0.29, 0.717) is 6.42 Å². The van der Waals surface area contributed by atoms with Gasteiger partial charge in [-0.25, -0.2) is 4.39 Å². The summed E-state index contributed by atoms with van der Waals surface area (Å²) in [6.45, 7) is 1.88. The van der Waals surface area contributed by atoms with Gasteiger partial charge in [-0.05, 0) is 30.0 Å². The van der Waals surface area contributed by atoms with Crippen molar-refractivity contribution in [2.75, 3.05) is 7.11 Å². The van der Waals surface area contributed by atoms with Crippen LogP contribution in [0.2, 0.25) is 0 Å². The zero-order valence-corrected chi connectivity index (χ0v) is 9.37. The van der Waals surface area contributed by atoms with Gasteiger partial charge in [-0.1, -0.05) is 13.0 Å². The topological polar surface area (TPSA) is 46.5 Å². The number of rotatable bonds is 5. The molecule has 88 valence electrons. The molecule has 0 aromatic heterocycles. The molecular formula is C12H15FO3. The fraction of sp³-hybridized carbons (Fsp3) is 0.417. The number of carboxylic acid groups (broad SMARTS) is 1. The predicted molar refractivity (Wildman–Crippen MR) is 58.2 cm³/mol. The molecule has 0 saturated carbocycles. The summed E-state index contributed by atoms with van der Waals surface area (Å²) in [6, 6.07) is 4.71. The first-order valence-electron chi connectivity index (χ1n) is 5.09. The summed E-state index contributed by atoms with van der Waals surface area (Å²) in [5.41, 5.74) is 0.791. The fourth-order valence-electron chi connectivity index (χ4n) is 1.50. The molecule has 16 heavy (non-hydrogen) atoms. The first-order chi connectivity index (χ1) is 7.54. The van der Waals surface area contributed by atoms with Crippen LogP contribution in [0.5, 0.6) is 5.75 Å². The Morgan fingerprint density at radius 2 is 2.25 bits per heavy atom. The second kappa shape index (κ2) is 5.49. The molecule has 1 atom stereocenters. The van der Waals surface area contributed by atoms with E-state index in [0.717, 1.165) is 5.56 Å². The Balaban J connectivity index is 2.72. The zero-order valence-electron chi connectivity index (χ0n) is 9.37. The molecule has 0 saturated heterocycles. The van der Waals surface area contributed by atoms with E-state index in [9.17, 15) is 9.18 Å². The quantitative estimate of drug-likeness (QED) is 0.839. The van der Waals surface area contributed by atoms with Crippen molar-refractivity contribution in [1.82, 2.24) is 0 Å². The van der Waals surface area contributed by atoms with Crippen molar-refractivity contribution < 1.29 is 19.0 Å². The van der Waals surface area contributed by atoms with Crippen LogP contribution in [0.25, 0.3) is 0 Å². The summed E-state index contributed by atoms with van der Waals surface area (Å²) in [7, 11) is 1.41. The first-order valence-corrected chi connectivity index (χ1v) is 5.09. The highest BCUT2D eigenvalue weighted by Crippen LogP contribution is 2.25. The highest BCUT2D eigenvalue weighted by molar-refractivity contribution is 5.66. The van der Waals surface area contributed by atoms with Crippen LogP contribution in [0.4, 0.5) is 4.39 Å². The average molecular weight is 226 g/mol. The molecule has 0 radical (unpaired) electrons. The predicted octanol–water partition coefficient (Wildman–Crippen LogP) is 2.80. The van der Waals surface area contributed by atoms with E-state index in [1.165, 1.54) is 13.2 Å². The van der Waals surface area contributed by atoms with Gasteiger partial charge in [0.15, 0.2) is 11.6 Å². The molecule has 0 fully saturated rings. The summed E-state index contributed by atoms with van der Waals surface area (Å²) in [5, 5.41) is 8.55. The van der Waals surface area contributed by atoms with E-state index >= 15 is 0 Å². The number of ether oxygens (including phenoxy) is 1. The third-order valence-electron chi connectivity index (χ3n) is 2.54. The molecule has 0 spiro atoms. The second-order valence-electron chi connectivity index (χ2n) is 3.73. The lowest BCUT2D eigenvalue weighted by Gasteiger charge is -2.11. The van der Waals surface area contributed by atoms with E-state index in [4.69, 9.17) is 9.84 Å². The summed E-state index contributed by atoms with van der Waals surface area (Å²) >= 11 is 0. The standard InChI is InChI=1S/C12H15FO3/c1-8(3-6-12(14)15)9-4-5-11(16-2)10(13)7-9/h4-5,7-8H,3,6H2,1-2H3,(H,14,15). The van der Waals surface area contributed by atoms with Crippen LogP contribution in [-0.4, -0.2) is 18.2 Å².